The Morgan fingerprint density at radius 2 is 2.33 bits per heavy atom. The lowest BCUT2D eigenvalue weighted by atomic mass is 10.2. The fourth-order valence-electron chi connectivity index (χ4n) is 1.74. The minimum absolute atomic E-state index is 0.0398. The Hall–Kier alpha value is -1.30. The minimum Gasteiger partial charge on any atom is -0.477 e. The number of likely N-dealkylation sites (tertiary alicyclic amines) is 1. The van der Waals surface area contributed by atoms with E-state index in [-0.39, 0.29) is 12.2 Å². The standard InChI is InChI=1S/C12H18N2O3S/c1-12(2,3)17-11(15)14-5-4-9(7-14)16-10-6-13-8-18-10/h6,8-9H,4-5,7H2,1-3H3. The van der Waals surface area contributed by atoms with Crippen LogP contribution in [0.15, 0.2) is 11.7 Å². The van der Waals surface area contributed by atoms with E-state index in [2.05, 4.69) is 4.98 Å². The summed E-state index contributed by atoms with van der Waals surface area (Å²) in [5.74, 6) is 0. The molecule has 1 aliphatic heterocycles. The molecule has 0 aliphatic carbocycles. The number of carbonyl (C=O) groups is 1. The number of ether oxygens (including phenoxy) is 2. The van der Waals surface area contributed by atoms with Gasteiger partial charge in [-0.2, -0.15) is 0 Å². The summed E-state index contributed by atoms with van der Waals surface area (Å²) in [7, 11) is 0. The van der Waals surface area contributed by atoms with Crippen molar-refractivity contribution in [3.8, 4) is 5.06 Å². The number of nitrogens with zero attached hydrogens (tertiary/aromatic N) is 2. The van der Waals surface area contributed by atoms with Crippen molar-refractivity contribution < 1.29 is 14.3 Å². The topological polar surface area (TPSA) is 51.7 Å². The molecule has 2 rings (SSSR count). The van der Waals surface area contributed by atoms with Crippen molar-refractivity contribution in [2.75, 3.05) is 13.1 Å². The van der Waals surface area contributed by atoms with E-state index in [0.29, 0.717) is 13.1 Å². The van der Waals surface area contributed by atoms with Gasteiger partial charge in [-0.05, 0) is 20.8 Å². The zero-order valence-electron chi connectivity index (χ0n) is 10.9. The van der Waals surface area contributed by atoms with Crippen LogP contribution in [0.1, 0.15) is 27.2 Å². The van der Waals surface area contributed by atoms with E-state index in [1.807, 2.05) is 20.8 Å². The van der Waals surface area contributed by atoms with Crippen LogP contribution in [0, 0.1) is 0 Å². The average molecular weight is 270 g/mol. The molecule has 0 saturated carbocycles. The van der Waals surface area contributed by atoms with E-state index in [0.717, 1.165) is 11.5 Å². The third-order valence-electron chi connectivity index (χ3n) is 2.49. The second kappa shape index (κ2) is 5.14. The number of aromatic nitrogens is 1. The Kier molecular flexibility index (Phi) is 3.75. The van der Waals surface area contributed by atoms with Gasteiger partial charge in [-0.3, -0.25) is 0 Å². The monoisotopic (exact) mass is 270 g/mol. The molecule has 1 unspecified atom stereocenters. The number of hydrogen-bond donors (Lipinski definition) is 0. The summed E-state index contributed by atoms with van der Waals surface area (Å²) in [5, 5.41) is 0.797. The van der Waals surface area contributed by atoms with Gasteiger partial charge in [-0.1, -0.05) is 11.3 Å². The van der Waals surface area contributed by atoms with Gasteiger partial charge < -0.3 is 14.4 Å². The highest BCUT2D eigenvalue weighted by Crippen LogP contribution is 2.22. The van der Waals surface area contributed by atoms with E-state index in [1.54, 1.807) is 16.6 Å². The first-order valence-electron chi connectivity index (χ1n) is 5.97. The average Bonchev–Trinajstić information content (AvgIpc) is 2.86. The van der Waals surface area contributed by atoms with E-state index in [4.69, 9.17) is 9.47 Å². The van der Waals surface area contributed by atoms with Crippen LogP contribution in [0.2, 0.25) is 0 Å². The highest BCUT2D eigenvalue weighted by atomic mass is 32.1. The molecule has 1 aromatic rings. The normalized spacial score (nSPS) is 19.9. The highest BCUT2D eigenvalue weighted by molar-refractivity contribution is 7.11. The van der Waals surface area contributed by atoms with E-state index in [9.17, 15) is 4.79 Å². The summed E-state index contributed by atoms with van der Waals surface area (Å²) in [4.78, 5) is 17.5. The van der Waals surface area contributed by atoms with Crippen LogP contribution >= 0.6 is 11.3 Å². The number of amides is 1. The minimum atomic E-state index is -0.451. The maximum Gasteiger partial charge on any atom is 0.410 e. The highest BCUT2D eigenvalue weighted by Gasteiger charge is 2.30. The maximum atomic E-state index is 11.8. The van der Waals surface area contributed by atoms with Gasteiger partial charge in [-0.25, -0.2) is 9.78 Å². The van der Waals surface area contributed by atoms with Gasteiger partial charge in [-0.15, -0.1) is 0 Å². The van der Waals surface area contributed by atoms with Crippen molar-refractivity contribution >= 4 is 17.4 Å². The van der Waals surface area contributed by atoms with Crippen molar-refractivity contribution in [2.24, 2.45) is 0 Å². The number of rotatable bonds is 2. The van der Waals surface area contributed by atoms with Crippen molar-refractivity contribution in [2.45, 2.75) is 38.9 Å². The summed E-state index contributed by atoms with van der Waals surface area (Å²) in [6.07, 6.45) is 2.30. The third-order valence-corrected chi connectivity index (χ3v) is 3.15. The fourth-order valence-corrected chi connectivity index (χ4v) is 2.28. The Morgan fingerprint density at radius 1 is 1.56 bits per heavy atom. The molecule has 0 aromatic carbocycles. The third kappa shape index (κ3) is 3.60. The summed E-state index contributed by atoms with van der Waals surface area (Å²) < 4.78 is 11.1. The molecule has 0 N–H and O–H groups in total. The Balaban J connectivity index is 1.83. The largest absolute Gasteiger partial charge is 0.477 e. The van der Waals surface area contributed by atoms with Gasteiger partial charge in [0.15, 0.2) is 5.06 Å². The van der Waals surface area contributed by atoms with E-state index >= 15 is 0 Å². The molecule has 0 spiro atoms. The molecule has 1 aliphatic rings. The molecule has 1 atom stereocenters. The number of thiazole rings is 1. The van der Waals surface area contributed by atoms with Gasteiger partial charge >= 0.3 is 6.09 Å². The summed E-state index contributed by atoms with van der Waals surface area (Å²) in [6, 6.07) is 0. The summed E-state index contributed by atoms with van der Waals surface area (Å²) in [5.41, 5.74) is 1.28. The molecular formula is C12H18N2O3S. The first kappa shape index (κ1) is 13.1. The molecule has 18 heavy (non-hydrogen) atoms. The van der Waals surface area contributed by atoms with E-state index in [1.165, 1.54) is 11.3 Å². The summed E-state index contributed by atoms with van der Waals surface area (Å²) >= 11 is 1.46. The van der Waals surface area contributed by atoms with Crippen molar-refractivity contribution in [1.82, 2.24) is 9.88 Å². The van der Waals surface area contributed by atoms with Gasteiger partial charge in [0.1, 0.15) is 11.7 Å². The zero-order valence-corrected chi connectivity index (χ0v) is 11.7. The molecule has 1 fully saturated rings. The fraction of sp³-hybridized carbons (Fsp3) is 0.667. The Bertz CT molecular complexity index is 400. The van der Waals surface area contributed by atoms with Crippen LogP contribution < -0.4 is 4.74 Å². The molecule has 1 saturated heterocycles. The van der Waals surface area contributed by atoms with Crippen molar-refractivity contribution in [1.29, 1.82) is 0 Å². The number of hydrogen-bond acceptors (Lipinski definition) is 5. The molecule has 1 amide bonds. The first-order chi connectivity index (χ1) is 8.44. The van der Waals surface area contributed by atoms with Gasteiger partial charge in [0.05, 0.1) is 18.3 Å². The second-order valence-corrected chi connectivity index (χ2v) is 6.12. The molecule has 5 nitrogen and oxygen atoms in total. The van der Waals surface area contributed by atoms with Crippen LogP contribution in [-0.2, 0) is 4.74 Å². The smallest absolute Gasteiger partial charge is 0.410 e. The maximum absolute atomic E-state index is 11.8. The van der Waals surface area contributed by atoms with Crippen molar-refractivity contribution in [3.05, 3.63) is 11.7 Å². The van der Waals surface area contributed by atoms with Crippen LogP contribution in [0.4, 0.5) is 4.79 Å². The predicted molar refractivity (Wildman–Crippen MR) is 69.0 cm³/mol. The summed E-state index contributed by atoms with van der Waals surface area (Å²) in [6.45, 7) is 6.86. The van der Waals surface area contributed by atoms with Crippen LogP contribution in [0.5, 0.6) is 5.06 Å². The lowest BCUT2D eigenvalue weighted by molar-refractivity contribution is 0.0276. The molecule has 0 bridgehead atoms. The SMILES string of the molecule is CC(C)(C)OC(=O)N1CCC(Oc2cncs2)C1. The molecule has 2 heterocycles. The quantitative estimate of drug-likeness (QED) is 0.828. The predicted octanol–water partition coefficient (Wildman–Crippen LogP) is 2.53. The Labute approximate surface area is 111 Å². The molecule has 1 aromatic heterocycles. The Morgan fingerprint density at radius 3 is 2.94 bits per heavy atom. The zero-order chi connectivity index (χ0) is 13.2. The van der Waals surface area contributed by atoms with Crippen LogP contribution in [0.25, 0.3) is 0 Å². The first-order valence-corrected chi connectivity index (χ1v) is 6.85. The van der Waals surface area contributed by atoms with Crippen molar-refractivity contribution in [3.63, 3.8) is 0 Å². The second-order valence-electron chi connectivity index (χ2n) is 5.28. The lowest BCUT2D eigenvalue weighted by Gasteiger charge is -2.24. The number of carbonyl (C=O) groups excluding carboxylic acids is 1. The lowest BCUT2D eigenvalue weighted by Crippen LogP contribution is -2.36. The van der Waals surface area contributed by atoms with Crippen LogP contribution in [0.3, 0.4) is 0 Å². The molecular weight excluding hydrogens is 252 g/mol. The van der Waals surface area contributed by atoms with Gasteiger partial charge in [0, 0.05) is 13.0 Å². The molecule has 100 valence electrons. The van der Waals surface area contributed by atoms with Gasteiger partial charge in [0.25, 0.3) is 0 Å². The molecule has 0 radical (unpaired) electrons. The van der Waals surface area contributed by atoms with Gasteiger partial charge in [0.2, 0.25) is 0 Å². The van der Waals surface area contributed by atoms with Crippen LogP contribution in [-0.4, -0.2) is 40.8 Å². The molecule has 6 heteroatoms. The van der Waals surface area contributed by atoms with E-state index < -0.39 is 5.60 Å².